The lowest BCUT2D eigenvalue weighted by Gasteiger charge is -2.18. The van der Waals surface area contributed by atoms with E-state index in [1.54, 1.807) is 43.5 Å². The SMILES string of the molecule is C.COc1ccc(C(=O)CC(=O)c2ccc(C(C)(C)C)cc2)cc1. The minimum atomic E-state index is -0.183. The van der Waals surface area contributed by atoms with Crippen LogP contribution in [0, 0.1) is 0 Å². The number of Topliss-reactive ketones (excluding diaryl/α,β-unsaturated/α-hetero) is 2. The first-order valence-corrected chi connectivity index (χ1v) is 7.62. The van der Waals surface area contributed by atoms with Crippen molar-refractivity contribution in [1.82, 2.24) is 0 Å². The van der Waals surface area contributed by atoms with E-state index in [1.165, 1.54) is 0 Å². The molecule has 0 radical (unpaired) electrons. The molecular formula is C21H26O3. The van der Waals surface area contributed by atoms with Gasteiger partial charge in [0.1, 0.15) is 5.75 Å². The van der Waals surface area contributed by atoms with E-state index in [0.29, 0.717) is 16.9 Å². The quantitative estimate of drug-likeness (QED) is 0.568. The van der Waals surface area contributed by atoms with Crippen LogP contribution in [-0.2, 0) is 5.41 Å². The fourth-order valence-corrected chi connectivity index (χ4v) is 2.28. The minimum absolute atomic E-state index is 0. The standard InChI is InChI=1S/C20H22O3.CH4/c1-20(2,3)16-9-5-14(6-10-16)18(21)13-19(22)15-7-11-17(23-4)12-8-15;/h5-12H,13H2,1-4H3;1H4. The Labute approximate surface area is 144 Å². The number of carbonyl (C=O) groups excluding carboxylic acids is 2. The van der Waals surface area contributed by atoms with E-state index in [2.05, 4.69) is 20.8 Å². The Morgan fingerprint density at radius 3 is 1.62 bits per heavy atom. The van der Waals surface area contributed by atoms with Crippen molar-refractivity contribution in [2.24, 2.45) is 0 Å². The normalized spacial score (nSPS) is 10.7. The Kier molecular flexibility index (Phi) is 6.47. The second-order valence-electron chi connectivity index (χ2n) is 6.58. The molecule has 0 unspecified atom stereocenters. The maximum atomic E-state index is 12.3. The molecule has 0 aliphatic rings. The van der Waals surface area contributed by atoms with Gasteiger partial charge in [-0.1, -0.05) is 52.5 Å². The molecule has 0 fully saturated rings. The molecule has 128 valence electrons. The van der Waals surface area contributed by atoms with Crippen molar-refractivity contribution in [2.75, 3.05) is 7.11 Å². The maximum Gasteiger partial charge on any atom is 0.170 e. The van der Waals surface area contributed by atoms with Crippen LogP contribution in [0.1, 0.15) is 60.9 Å². The zero-order valence-electron chi connectivity index (χ0n) is 14.1. The third kappa shape index (κ3) is 4.79. The Balaban J connectivity index is 0.00000288. The van der Waals surface area contributed by atoms with Gasteiger partial charge in [-0.25, -0.2) is 0 Å². The molecular weight excluding hydrogens is 300 g/mol. The maximum absolute atomic E-state index is 12.3. The van der Waals surface area contributed by atoms with Gasteiger partial charge in [0, 0.05) is 11.1 Å². The van der Waals surface area contributed by atoms with Crippen LogP contribution < -0.4 is 4.74 Å². The summed E-state index contributed by atoms with van der Waals surface area (Å²) in [6, 6.07) is 14.3. The second kappa shape index (κ2) is 7.91. The van der Waals surface area contributed by atoms with Crippen molar-refractivity contribution in [3.8, 4) is 5.75 Å². The van der Waals surface area contributed by atoms with E-state index in [9.17, 15) is 9.59 Å². The number of rotatable bonds is 5. The number of hydrogen-bond acceptors (Lipinski definition) is 3. The molecule has 3 nitrogen and oxygen atoms in total. The van der Waals surface area contributed by atoms with Gasteiger partial charge >= 0.3 is 0 Å². The lowest BCUT2D eigenvalue weighted by Crippen LogP contribution is -2.12. The summed E-state index contributed by atoms with van der Waals surface area (Å²) in [7, 11) is 1.57. The number of carbonyl (C=O) groups is 2. The molecule has 0 spiro atoms. The van der Waals surface area contributed by atoms with Gasteiger partial charge in [0.05, 0.1) is 13.5 Å². The van der Waals surface area contributed by atoms with E-state index in [1.807, 2.05) is 12.1 Å². The Morgan fingerprint density at radius 2 is 1.25 bits per heavy atom. The molecule has 0 aliphatic carbocycles. The predicted octanol–water partition coefficient (Wildman–Crippen LogP) is 5.08. The molecule has 0 saturated heterocycles. The van der Waals surface area contributed by atoms with E-state index in [4.69, 9.17) is 4.74 Å². The largest absolute Gasteiger partial charge is 0.497 e. The van der Waals surface area contributed by atoms with Crippen molar-refractivity contribution in [1.29, 1.82) is 0 Å². The molecule has 24 heavy (non-hydrogen) atoms. The molecule has 0 amide bonds. The van der Waals surface area contributed by atoms with E-state index in [-0.39, 0.29) is 30.8 Å². The van der Waals surface area contributed by atoms with E-state index >= 15 is 0 Å². The first-order chi connectivity index (χ1) is 10.8. The van der Waals surface area contributed by atoms with E-state index in [0.717, 1.165) is 5.56 Å². The summed E-state index contributed by atoms with van der Waals surface area (Å²) in [6.45, 7) is 6.37. The highest BCUT2D eigenvalue weighted by Gasteiger charge is 2.16. The summed E-state index contributed by atoms with van der Waals surface area (Å²) in [4.78, 5) is 24.5. The van der Waals surface area contributed by atoms with Crippen LogP contribution in [0.15, 0.2) is 48.5 Å². The molecule has 0 aromatic heterocycles. The van der Waals surface area contributed by atoms with Crippen LogP contribution in [0.2, 0.25) is 0 Å². The molecule has 0 aliphatic heterocycles. The summed E-state index contributed by atoms with van der Waals surface area (Å²) in [5.41, 5.74) is 2.29. The average Bonchev–Trinajstić information content (AvgIpc) is 2.54. The van der Waals surface area contributed by atoms with Crippen molar-refractivity contribution >= 4 is 11.6 Å². The Hall–Kier alpha value is -2.42. The molecule has 0 saturated carbocycles. The fourth-order valence-electron chi connectivity index (χ4n) is 2.28. The lowest BCUT2D eigenvalue weighted by atomic mass is 9.86. The smallest absolute Gasteiger partial charge is 0.170 e. The molecule has 0 bridgehead atoms. The Morgan fingerprint density at radius 1 is 0.833 bits per heavy atom. The molecule has 2 rings (SSSR count). The number of ketones is 2. The highest BCUT2D eigenvalue weighted by atomic mass is 16.5. The lowest BCUT2D eigenvalue weighted by molar-refractivity contribution is 0.0894. The number of hydrogen-bond donors (Lipinski definition) is 0. The predicted molar refractivity (Wildman–Crippen MR) is 98.1 cm³/mol. The molecule has 3 heteroatoms. The zero-order chi connectivity index (χ0) is 17.0. The van der Waals surface area contributed by atoms with Gasteiger partial charge in [-0.15, -0.1) is 0 Å². The first-order valence-electron chi connectivity index (χ1n) is 7.62. The number of ether oxygens (including phenoxy) is 1. The first kappa shape index (κ1) is 19.6. The third-order valence-corrected chi connectivity index (χ3v) is 3.81. The molecule has 0 heterocycles. The summed E-state index contributed by atoms with van der Waals surface area (Å²) in [5.74, 6) is 0.342. The van der Waals surface area contributed by atoms with Crippen molar-refractivity contribution in [3.63, 3.8) is 0 Å². The summed E-state index contributed by atoms with van der Waals surface area (Å²) in [5, 5.41) is 0. The van der Waals surface area contributed by atoms with Gasteiger partial charge in [0.2, 0.25) is 0 Å². The van der Waals surface area contributed by atoms with Gasteiger partial charge < -0.3 is 4.74 Å². The van der Waals surface area contributed by atoms with Crippen molar-refractivity contribution < 1.29 is 14.3 Å². The topological polar surface area (TPSA) is 43.4 Å². The van der Waals surface area contributed by atoms with Crippen molar-refractivity contribution in [3.05, 3.63) is 65.2 Å². The third-order valence-electron chi connectivity index (χ3n) is 3.81. The fraction of sp³-hybridized carbons (Fsp3) is 0.333. The average molecular weight is 326 g/mol. The Bertz CT molecular complexity index is 689. The highest BCUT2D eigenvalue weighted by Crippen LogP contribution is 2.22. The van der Waals surface area contributed by atoms with Gasteiger partial charge in [-0.05, 0) is 35.2 Å². The molecule has 2 aromatic rings. The monoisotopic (exact) mass is 326 g/mol. The van der Waals surface area contributed by atoms with Gasteiger partial charge in [-0.2, -0.15) is 0 Å². The molecule has 2 aromatic carbocycles. The van der Waals surface area contributed by atoms with Crippen LogP contribution >= 0.6 is 0 Å². The molecule has 0 atom stereocenters. The second-order valence-corrected chi connectivity index (χ2v) is 6.58. The number of benzene rings is 2. The van der Waals surface area contributed by atoms with Crippen LogP contribution in [0.3, 0.4) is 0 Å². The summed E-state index contributed by atoms with van der Waals surface area (Å²) in [6.07, 6.45) is -0.124. The molecule has 0 N–H and O–H groups in total. The van der Waals surface area contributed by atoms with Gasteiger partial charge in [-0.3, -0.25) is 9.59 Å². The van der Waals surface area contributed by atoms with Crippen LogP contribution in [-0.4, -0.2) is 18.7 Å². The zero-order valence-corrected chi connectivity index (χ0v) is 14.1. The van der Waals surface area contributed by atoms with Crippen LogP contribution in [0.5, 0.6) is 5.75 Å². The van der Waals surface area contributed by atoms with Crippen molar-refractivity contribution in [2.45, 2.75) is 40.0 Å². The van der Waals surface area contributed by atoms with Crippen LogP contribution in [0.25, 0.3) is 0 Å². The van der Waals surface area contributed by atoms with Gasteiger partial charge in [0.15, 0.2) is 11.6 Å². The number of methoxy groups -OCH3 is 1. The van der Waals surface area contributed by atoms with Gasteiger partial charge in [0.25, 0.3) is 0 Å². The minimum Gasteiger partial charge on any atom is -0.497 e. The van der Waals surface area contributed by atoms with E-state index < -0.39 is 0 Å². The van der Waals surface area contributed by atoms with Crippen LogP contribution in [0.4, 0.5) is 0 Å². The highest BCUT2D eigenvalue weighted by molar-refractivity contribution is 6.13. The summed E-state index contributed by atoms with van der Waals surface area (Å²) < 4.78 is 5.06. The summed E-state index contributed by atoms with van der Waals surface area (Å²) >= 11 is 0.